The summed E-state index contributed by atoms with van der Waals surface area (Å²) in [5.74, 6) is 1.40. The minimum Gasteiger partial charge on any atom is -0.329 e. The van der Waals surface area contributed by atoms with Crippen molar-refractivity contribution in [3.05, 3.63) is 121 Å². The molecule has 2 unspecified atom stereocenters. The third-order valence-corrected chi connectivity index (χ3v) is 11.3. The molecule has 7 aromatic rings. The van der Waals surface area contributed by atoms with Gasteiger partial charge in [-0.3, -0.25) is 9.78 Å². The maximum Gasteiger partial charge on any atom is 0.255 e. The Morgan fingerprint density at radius 3 is 2.18 bits per heavy atom. The Labute approximate surface area is 333 Å². The standard InChI is InChI=1S/C45H51N11O/c1-4-38(5-2)55-23-18-34-29-49-45(54-41(34)55)52-40-15-13-31(33-9-8-20-47-27-33)25-32(40)12-14-39(6-3)56-24-19-35-28-48-44(53-42(35)56)51-37-11-7-10-36(26-37)50-43(57)30-16-21-46-22-17-30/h7,10-11,13,15-19,21-26,28-29,33,38-39,47H,4-6,8-9,12,14,20,27H2,1-3H3,(H,50,57)(H,48,51,53)(H,49,52,54). The molecule has 1 aliphatic heterocycles. The van der Waals surface area contributed by atoms with E-state index in [1.54, 1.807) is 24.5 Å². The minimum atomic E-state index is -0.200. The zero-order chi connectivity index (χ0) is 39.1. The van der Waals surface area contributed by atoms with Gasteiger partial charge in [0.25, 0.3) is 5.91 Å². The van der Waals surface area contributed by atoms with Crippen LogP contribution in [0.4, 0.5) is 29.0 Å². The highest BCUT2D eigenvalue weighted by Gasteiger charge is 2.20. The Hall–Kier alpha value is -6.14. The number of carbonyl (C=O) groups is 1. The predicted octanol–water partition coefficient (Wildman–Crippen LogP) is 9.72. The summed E-state index contributed by atoms with van der Waals surface area (Å²) in [5, 5.41) is 15.6. The fourth-order valence-electron chi connectivity index (χ4n) is 8.09. The summed E-state index contributed by atoms with van der Waals surface area (Å²) in [5.41, 5.74) is 7.51. The lowest BCUT2D eigenvalue weighted by atomic mass is 9.89. The van der Waals surface area contributed by atoms with E-state index in [0.29, 0.717) is 35.1 Å². The molecule has 0 radical (unpaired) electrons. The van der Waals surface area contributed by atoms with Crippen molar-refractivity contribution in [2.75, 3.05) is 29.0 Å². The zero-order valence-corrected chi connectivity index (χ0v) is 32.9. The molecule has 0 saturated carbocycles. The molecule has 8 rings (SSSR count). The summed E-state index contributed by atoms with van der Waals surface area (Å²) < 4.78 is 4.58. The molecule has 5 aromatic heterocycles. The molecule has 6 heterocycles. The lowest BCUT2D eigenvalue weighted by molar-refractivity contribution is 0.102. The van der Waals surface area contributed by atoms with Gasteiger partial charge in [0, 0.05) is 89.2 Å². The highest BCUT2D eigenvalue weighted by Crippen LogP contribution is 2.33. The van der Waals surface area contributed by atoms with Crippen molar-refractivity contribution in [3.8, 4) is 0 Å². The molecule has 57 heavy (non-hydrogen) atoms. The lowest BCUT2D eigenvalue weighted by Crippen LogP contribution is -2.28. The van der Waals surface area contributed by atoms with Crippen molar-refractivity contribution in [2.45, 2.75) is 83.7 Å². The zero-order valence-electron chi connectivity index (χ0n) is 32.9. The van der Waals surface area contributed by atoms with Crippen LogP contribution >= 0.6 is 0 Å². The molecule has 4 N–H and O–H groups in total. The molecular formula is C45H51N11O. The summed E-state index contributed by atoms with van der Waals surface area (Å²) in [6, 6.07) is 22.6. The number of piperidine rings is 1. The van der Waals surface area contributed by atoms with Gasteiger partial charge in [-0.2, -0.15) is 9.97 Å². The summed E-state index contributed by atoms with van der Waals surface area (Å²) in [4.78, 5) is 36.2. The highest BCUT2D eigenvalue weighted by atomic mass is 16.1. The Morgan fingerprint density at radius 1 is 0.807 bits per heavy atom. The Bertz CT molecular complexity index is 2450. The molecule has 2 aromatic carbocycles. The van der Waals surface area contributed by atoms with Crippen molar-refractivity contribution in [1.82, 2.24) is 39.4 Å². The maximum absolute atomic E-state index is 12.7. The van der Waals surface area contributed by atoms with E-state index < -0.39 is 0 Å². The van der Waals surface area contributed by atoms with Gasteiger partial charge in [-0.05, 0) is 117 Å². The van der Waals surface area contributed by atoms with Crippen molar-refractivity contribution >= 4 is 56.9 Å². The van der Waals surface area contributed by atoms with Gasteiger partial charge in [0.2, 0.25) is 11.9 Å². The lowest BCUT2D eigenvalue weighted by Gasteiger charge is -2.25. The summed E-state index contributed by atoms with van der Waals surface area (Å²) in [6.07, 6.45) is 18.5. The molecule has 0 bridgehead atoms. The first-order valence-electron chi connectivity index (χ1n) is 20.4. The second kappa shape index (κ2) is 17.3. The molecule has 0 spiro atoms. The summed E-state index contributed by atoms with van der Waals surface area (Å²) in [7, 11) is 0. The van der Waals surface area contributed by atoms with Crippen LogP contribution in [0.1, 0.15) is 98.8 Å². The quantitative estimate of drug-likeness (QED) is 0.0804. The number of carbonyl (C=O) groups excluding carboxylic acids is 1. The van der Waals surface area contributed by atoms with Gasteiger partial charge in [0.05, 0.1) is 0 Å². The van der Waals surface area contributed by atoms with Gasteiger partial charge in [0.1, 0.15) is 11.3 Å². The number of aryl methyl sites for hydroxylation is 1. The first-order chi connectivity index (χ1) is 28.0. The molecule has 1 fully saturated rings. The van der Waals surface area contributed by atoms with Crippen molar-refractivity contribution in [3.63, 3.8) is 0 Å². The van der Waals surface area contributed by atoms with E-state index in [0.717, 1.165) is 78.6 Å². The van der Waals surface area contributed by atoms with Crippen LogP contribution in [0.2, 0.25) is 0 Å². The maximum atomic E-state index is 12.7. The number of fused-ring (bicyclic) bond motifs is 2. The minimum absolute atomic E-state index is 0.200. The predicted molar refractivity (Wildman–Crippen MR) is 229 cm³/mol. The van der Waals surface area contributed by atoms with E-state index >= 15 is 0 Å². The first-order valence-corrected chi connectivity index (χ1v) is 20.4. The number of nitrogens with one attached hydrogen (secondary N) is 4. The molecular weight excluding hydrogens is 711 g/mol. The molecule has 2 atom stereocenters. The molecule has 1 aliphatic rings. The third-order valence-electron chi connectivity index (χ3n) is 11.3. The number of anilines is 5. The van der Waals surface area contributed by atoms with Crippen molar-refractivity contribution in [1.29, 1.82) is 0 Å². The van der Waals surface area contributed by atoms with Crippen LogP contribution in [0.15, 0.2) is 104 Å². The normalized spacial score (nSPS) is 14.9. The average Bonchev–Trinajstić information content (AvgIpc) is 3.87. The first kappa shape index (κ1) is 37.8. The summed E-state index contributed by atoms with van der Waals surface area (Å²) >= 11 is 0. The Morgan fingerprint density at radius 2 is 1.49 bits per heavy atom. The van der Waals surface area contributed by atoms with Gasteiger partial charge < -0.3 is 30.4 Å². The van der Waals surface area contributed by atoms with Crippen LogP contribution in [-0.4, -0.2) is 53.1 Å². The molecule has 1 amide bonds. The van der Waals surface area contributed by atoms with Crippen LogP contribution in [0.3, 0.4) is 0 Å². The molecule has 0 aliphatic carbocycles. The molecule has 1 saturated heterocycles. The van der Waals surface area contributed by atoms with Crippen molar-refractivity contribution < 1.29 is 4.79 Å². The molecule has 292 valence electrons. The van der Waals surface area contributed by atoms with E-state index in [9.17, 15) is 4.79 Å². The van der Waals surface area contributed by atoms with Gasteiger partial charge >= 0.3 is 0 Å². The summed E-state index contributed by atoms with van der Waals surface area (Å²) in [6.45, 7) is 8.79. The smallest absolute Gasteiger partial charge is 0.255 e. The van der Waals surface area contributed by atoms with Crippen molar-refractivity contribution in [2.24, 2.45) is 0 Å². The second-order valence-corrected chi connectivity index (χ2v) is 14.9. The van der Waals surface area contributed by atoms with Crippen LogP contribution in [-0.2, 0) is 6.42 Å². The van der Waals surface area contributed by atoms with E-state index in [1.807, 2.05) is 36.7 Å². The number of hydrogen-bond acceptors (Lipinski definition) is 9. The topological polar surface area (TPSA) is 140 Å². The number of benzene rings is 2. The average molecular weight is 762 g/mol. The third kappa shape index (κ3) is 8.51. The molecule has 12 nitrogen and oxygen atoms in total. The number of pyridine rings is 1. The number of aromatic nitrogens is 7. The van der Waals surface area contributed by atoms with E-state index in [1.165, 1.54) is 24.0 Å². The second-order valence-electron chi connectivity index (χ2n) is 14.9. The van der Waals surface area contributed by atoms with Gasteiger partial charge in [-0.15, -0.1) is 0 Å². The fourth-order valence-corrected chi connectivity index (χ4v) is 8.09. The SMILES string of the molecule is CCC(CCc1cc(C2CCCNC2)ccc1Nc1ncc2ccn(C(CC)CC)c2n1)n1ccc2cnc(Nc3cccc(NC(=O)c4ccncc4)c3)nc21. The van der Waals surface area contributed by atoms with Crippen LogP contribution in [0.5, 0.6) is 0 Å². The van der Waals surface area contributed by atoms with Gasteiger partial charge in [-0.1, -0.05) is 39.0 Å². The van der Waals surface area contributed by atoms with E-state index in [2.05, 4.69) is 104 Å². The Kier molecular flexibility index (Phi) is 11.5. The largest absolute Gasteiger partial charge is 0.329 e. The van der Waals surface area contributed by atoms with Crippen LogP contribution in [0.25, 0.3) is 22.1 Å². The number of rotatable bonds is 15. The van der Waals surface area contributed by atoms with Gasteiger partial charge in [0.15, 0.2) is 0 Å². The number of amides is 1. The van der Waals surface area contributed by atoms with Crippen LogP contribution < -0.4 is 21.3 Å². The van der Waals surface area contributed by atoms with Gasteiger partial charge in [-0.25, -0.2) is 9.97 Å². The van der Waals surface area contributed by atoms with E-state index in [-0.39, 0.29) is 11.9 Å². The van der Waals surface area contributed by atoms with Crippen LogP contribution in [0, 0.1) is 0 Å². The number of hydrogen-bond donors (Lipinski definition) is 4. The fraction of sp³-hybridized carbons (Fsp3) is 0.333. The molecule has 12 heteroatoms. The monoisotopic (exact) mass is 761 g/mol. The number of nitrogens with zero attached hydrogens (tertiary/aromatic N) is 7. The van der Waals surface area contributed by atoms with E-state index in [4.69, 9.17) is 15.0 Å². The highest BCUT2D eigenvalue weighted by molar-refractivity contribution is 6.04. The Balaban J connectivity index is 1.02.